The summed E-state index contributed by atoms with van der Waals surface area (Å²) in [6.45, 7) is 3.91. The second-order valence-corrected chi connectivity index (χ2v) is 4.78. The summed E-state index contributed by atoms with van der Waals surface area (Å²) in [4.78, 5) is 0. The van der Waals surface area contributed by atoms with Crippen LogP contribution in [0.25, 0.3) is 0 Å². The van der Waals surface area contributed by atoms with Gasteiger partial charge in [0.25, 0.3) is 0 Å². The highest BCUT2D eigenvalue weighted by atomic mass is 35.5. The molecule has 0 bridgehead atoms. The van der Waals surface area contributed by atoms with Crippen LogP contribution in [0, 0.1) is 25.5 Å². The van der Waals surface area contributed by atoms with E-state index in [-0.39, 0.29) is 0 Å². The number of halogens is 3. The molecule has 0 N–H and O–H groups in total. The first-order valence-electron chi connectivity index (χ1n) is 5.66. The van der Waals surface area contributed by atoms with Crippen LogP contribution < -0.4 is 0 Å². The molecule has 0 saturated carbocycles. The van der Waals surface area contributed by atoms with E-state index >= 15 is 0 Å². The van der Waals surface area contributed by atoms with E-state index in [2.05, 4.69) is 0 Å². The summed E-state index contributed by atoms with van der Waals surface area (Å²) >= 11 is 6.38. The van der Waals surface area contributed by atoms with Crippen LogP contribution in [-0.2, 0) is 0 Å². The van der Waals surface area contributed by atoms with Crippen LogP contribution in [0.3, 0.4) is 0 Å². The third-order valence-corrected chi connectivity index (χ3v) is 3.50. The molecule has 0 nitrogen and oxygen atoms in total. The molecule has 0 heterocycles. The first-order chi connectivity index (χ1) is 8.50. The minimum Gasteiger partial charge on any atom is -0.204 e. The maximum Gasteiger partial charge on any atom is 0.159 e. The van der Waals surface area contributed by atoms with Crippen LogP contribution in [0.15, 0.2) is 36.4 Å². The quantitative estimate of drug-likeness (QED) is 0.678. The number of rotatable bonds is 2. The van der Waals surface area contributed by atoms with E-state index in [0.29, 0.717) is 5.56 Å². The smallest absolute Gasteiger partial charge is 0.159 e. The summed E-state index contributed by atoms with van der Waals surface area (Å²) in [5.74, 6) is -1.73. The van der Waals surface area contributed by atoms with E-state index in [1.165, 1.54) is 6.07 Å². The van der Waals surface area contributed by atoms with E-state index in [4.69, 9.17) is 11.6 Å². The van der Waals surface area contributed by atoms with Gasteiger partial charge < -0.3 is 0 Å². The molecule has 0 aliphatic heterocycles. The van der Waals surface area contributed by atoms with Crippen molar-refractivity contribution in [3.05, 3.63) is 70.3 Å². The minimum atomic E-state index is -0.871. The lowest BCUT2D eigenvalue weighted by Crippen LogP contribution is -2.00. The molecular formula is C15H13ClF2. The predicted octanol–water partition coefficient (Wildman–Crippen LogP) is 4.91. The topological polar surface area (TPSA) is 0 Å². The molecule has 0 radical (unpaired) electrons. The monoisotopic (exact) mass is 266 g/mol. The second-order valence-electron chi connectivity index (χ2n) is 4.34. The molecule has 0 aromatic heterocycles. The second kappa shape index (κ2) is 5.07. The summed E-state index contributed by atoms with van der Waals surface area (Å²) in [5.41, 5.74) is 3.60. The van der Waals surface area contributed by atoms with Crippen molar-refractivity contribution in [2.45, 2.75) is 19.2 Å². The van der Waals surface area contributed by atoms with Gasteiger partial charge in [-0.2, -0.15) is 0 Å². The van der Waals surface area contributed by atoms with Gasteiger partial charge in [-0.05, 0) is 48.2 Å². The Bertz CT molecular complexity index is 558. The Labute approximate surface area is 110 Å². The van der Waals surface area contributed by atoms with E-state index in [9.17, 15) is 8.78 Å². The van der Waals surface area contributed by atoms with Gasteiger partial charge in [0.15, 0.2) is 11.6 Å². The predicted molar refractivity (Wildman–Crippen MR) is 70.0 cm³/mol. The van der Waals surface area contributed by atoms with E-state index in [1.54, 1.807) is 0 Å². The van der Waals surface area contributed by atoms with E-state index in [0.717, 1.165) is 28.8 Å². The SMILES string of the molecule is Cc1cccc(C)c1C(Cl)c1ccc(F)c(F)c1. The Balaban J connectivity index is 2.48. The third-order valence-electron chi connectivity index (χ3n) is 3.03. The van der Waals surface area contributed by atoms with Crippen LogP contribution in [0.4, 0.5) is 8.78 Å². The van der Waals surface area contributed by atoms with Crippen molar-refractivity contribution < 1.29 is 8.78 Å². The molecule has 94 valence electrons. The highest BCUT2D eigenvalue weighted by molar-refractivity contribution is 6.22. The Hall–Kier alpha value is -1.41. The fourth-order valence-corrected chi connectivity index (χ4v) is 2.54. The van der Waals surface area contributed by atoms with Gasteiger partial charge in [0.2, 0.25) is 0 Å². The Morgan fingerprint density at radius 3 is 2.11 bits per heavy atom. The van der Waals surface area contributed by atoms with Crippen molar-refractivity contribution in [3.63, 3.8) is 0 Å². The fraction of sp³-hybridized carbons (Fsp3) is 0.200. The Morgan fingerprint density at radius 2 is 1.56 bits per heavy atom. The van der Waals surface area contributed by atoms with Crippen LogP contribution >= 0.6 is 11.6 Å². The molecule has 1 atom stereocenters. The third kappa shape index (κ3) is 2.39. The average molecular weight is 267 g/mol. The average Bonchev–Trinajstić information content (AvgIpc) is 2.32. The molecule has 3 heteroatoms. The highest BCUT2D eigenvalue weighted by Gasteiger charge is 2.16. The number of hydrogen-bond acceptors (Lipinski definition) is 0. The van der Waals surface area contributed by atoms with Gasteiger partial charge in [-0.3, -0.25) is 0 Å². The van der Waals surface area contributed by atoms with Crippen molar-refractivity contribution in [1.82, 2.24) is 0 Å². The van der Waals surface area contributed by atoms with E-state index in [1.807, 2.05) is 32.0 Å². The molecule has 0 saturated heterocycles. The van der Waals surface area contributed by atoms with Gasteiger partial charge in [0.05, 0.1) is 5.38 Å². The van der Waals surface area contributed by atoms with E-state index < -0.39 is 17.0 Å². The van der Waals surface area contributed by atoms with Crippen molar-refractivity contribution in [3.8, 4) is 0 Å². The van der Waals surface area contributed by atoms with Gasteiger partial charge >= 0.3 is 0 Å². The lowest BCUT2D eigenvalue weighted by atomic mass is 9.95. The molecular weight excluding hydrogens is 254 g/mol. The number of hydrogen-bond donors (Lipinski definition) is 0. The first-order valence-corrected chi connectivity index (χ1v) is 6.09. The maximum absolute atomic E-state index is 13.2. The summed E-state index contributed by atoms with van der Waals surface area (Å²) in [6.07, 6.45) is 0. The molecule has 2 rings (SSSR count). The zero-order valence-electron chi connectivity index (χ0n) is 10.2. The number of benzene rings is 2. The van der Waals surface area contributed by atoms with Gasteiger partial charge in [-0.25, -0.2) is 8.78 Å². The van der Waals surface area contributed by atoms with Crippen molar-refractivity contribution in [2.75, 3.05) is 0 Å². The number of alkyl halides is 1. The fourth-order valence-electron chi connectivity index (χ4n) is 2.06. The molecule has 0 amide bonds. The largest absolute Gasteiger partial charge is 0.204 e. The van der Waals surface area contributed by atoms with Gasteiger partial charge in [0, 0.05) is 0 Å². The van der Waals surface area contributed by atoms with Crippen LogP contribution in [-0.4, -0.2) is 0 Å². The molecule has 2 aromatic rings. The minimum absolute atomic E-state index is 0.471. The molecule has 0 aliphatic carbocycles. The van der Waals surface area contributed by atoms with Crippen molar-refractivity contribution >= 4 is 11.6 Å². The lowest BCUT2D eigenvalue weighted by molar-refractivity contribution is 0.507. The lowest BCUT2D eigenvalue weighted by Gasteiger charge is -2.16. The van der Waals surface area contributed by atoms with Gasteiger partial charge in [0.1, 0.15) is 0 Å². The maximum atomic E-state index is 13.2. The normalized spacial score (nSPS) is 12.5. The summed E-state index contributed by atoms with van der Waals surface area (Å²) in [5, 5.41) is -0.471. The van der Waals surface area contributed by atoms with Crippen LogP contribution in [0.2, 0.25) is 0 Å². The Morgan fingerprint density at radius 1 is 0.944 bits per heavy atom. The number of aryl methyl sites for hydroxylation is 2. The van der Waals surface area contributed by atoms with Gasteiger partial charge in [-0.15, -0.1) is 11.6 Å². The summed E-state index contributed by atoms with van der Waals surface area (Å²) in [6, 6.07) is 9.63. The van der Waals surface area contributed by atoms with Crippen molar-refractivity contribution in [2.24, 2.45) is 0 Å². The summed E-state index contributed by atoms with van der Waals surface area (Å²) in [7, 11) is 0. The molecule has 2 aromatic carbocycles. The molecule has 0 spiro atoms. The first kappa shape index (κ1) is 13.0. The van der Waals surface area contributed by atoms with Gasteiger partial charge in [-0.1, -0.05) is 24.3 Å². The Kier molecular flexibility index (Phi) is 3.67. The van der Waals surface area contributed by atoms with Crippen LogP contribution in [0.1, 0.15) is 27.6 Å². The molecule has 0 fully saturated rings. The molecule has 18 heavy (non-hydrogen) atoms. The standard InChI is InChI=1S/C15H13ClF2/c1-9-4-3-5-10(2)14(9)15(16)11-6-7-12(17)13(18)8-11/h3-8,15H,1-2H3. The zero-order valence-corrected chi connectivity index (χ0v) is 10.9. The zero-order chi connectivity index (χ0) is 13.3. The summed E-state index contributed by atoms with van der Waals surface area (Å²) < 4.78 is 26.1. The van der Waals surface area contributed by atoms with Crippen LogP contribution in [0.5, 0.6) is 0 Å². The van der Waals surface area contributed by atoms with Crippen molar-refractivity contribution in [1.29, 1.82) is 0 Å². The molecule has 0 aliphatic rings. The molecule has 1 unspecified atom stereocenters. The highest BCUT2D eigenvalue weighted by Crippen LogP contribution is 2.33.